The molecule has 0 aromatic rings. The largest absolute Gasteiger partial charge is 0.465 e. The summed E-state index contributed by atoms with van der Waals surface area (Å²) in [4.78, 5) is 10.7. The molecular formula is C9H15BrF2O5S. The van der Waals surface area contributed by atoms with E-state index in [9.17, 15) is 22.0 Å². The Bertz CT molecular complexity index is 358. The lowest BCUT2D eigenvalue weighted by Crippen LogP contribution is -2.39. The van der Waals surface area contributed by atoms with Crippen molar-refractivity contribution in [3.05, 3.63) is 0 Å². The molecule has 18 heavy (non-hydrogen) atoms. The number of halogens is 3. The average Bonchev–Trinajstić information content (AvgIpc) is 2.26. The number of rotatable bonds is 9. The maximum absolute atomic E-state index is 12.7. The number of esters is 1. The molecule has 0 atom stereocenters. The molecule has 0 heterocycles. The normalized spacial score (nSPS) is 12.4. The van der Waals surface area contributed by atoms with Crippen molar-refractivity contribution in [2.75, 3.05) is 11.9 Å². The van der Waals surface area contributed by atoms with Gasteiger partial charge in [-0.1, -0.05) is 35.2 Å². The van der Waals surface area contributed by atoms with Crippen LogP contribution in [0.2, 0.25) is 0 Å². The van der Waals surface area contributed by atoms with Crippen LogP contribution >= 0.6 is 15.9 Å². The SMILES string of the molecule is O=C(OCCCCCCCBr)C(F)(F)S(=O)(=O)O. The molecular weight excluding hydrogens is 338 g/mol. The Labute approximate surface area is 113 Å². The summed E-state index contributed by atoms with van der Waals surface area (Å²) in [7, 11) is -5.77. The monoisotopic (exact) mass is 352 g/mol. The Morgan fingerprint density at radius 3 is 2.17 bits per heavy atom. The zero-order valence-corrected chi connectivity index (χ0v) is 12.0. The minimum Gasteiger partial charge on any atom is -0.460 e. The van der Waals surface area contributed by atoms with Crippen molar-refractivity contribution in [1.82, 2.24) is 0 Å². The molecule has 0 aromatic carbocycles. The van der Waals surface area contributed by atoms with Crippen molar-refractivity contribution in [3.8, 4) is 0 Å². The van der Waals surface area contributed by atoms with Gasteiger partial charge in [-0.3, -0.25) is 4.55 Å². The van der Waals surface area contributed by atoms with Crippen LogP contribution in [0, 0.1) is 0 Å². The molecule has 0 saturated carbocycles. The van der Waals surface area contributed by atoms with Crippen LogP contribution in [0.5, 0.6) is 0 Å². The lowest BCUT2D eigenvalue weighted by atomic mass is 10.2. The number of alkyl halides is 3. The summed E-state index contributed by atoms with van der Waals surface area (Å²) in [5, 5.41) is -4.01. The molecule has 0 saturated heterocycles. The van der Waals surface area contributed by atoms with Gasteiger partial charge >= 0.3 is 21.3 Å². The quantitative estimate of drug-likeness (QED) is 0.298. The van der Waals surface area contributed by atoms with Gasteiger partial charge in [0.05, 0.1) is 6.61 Å². The van der Waals surface area contributed by atoms with Gasteiger partial charge in [-0.2, -0.15) is 17.2 Å². The van der Waals surface area contributed by atoms with Crippen LogP contribution in [0.1, 0.15) is 32.1 Å². The molecule has 9 heteroatoms. The Hall–Kier alpha value is -0.280. The number of carbonyl (C=O) groups excluding carboxylic acids is 1. The van der Waals surface area contributed by atoms with Crippen molar-refractivity contribution in [2.45, 2.75) is 37.4 Å². The van der Waals surface area contributed by atoms with E-state index in [-0.39, 0.29) is 6.61 Å². The Kier molecular flexibility index (Phi) is 7.88. The van der Waals surface area contributed by atoms with Crippen molar-refractivity contribution < 1.29 is 31.3 Å². The summed E-state index contributed by atoms with van der Waals surface area (Å²) in [6.07, 6.45) is 3.91. The van der Waals surface area contributed by atoms with E-state index >= 15 is 0 Å². The molecule has 0 unspecified atom stereocenters. The molecule has 0 amide bonds. The van der Waals surface area contributed by atoms with Crippen LogP contribution in [-0.2, 0) is 19.6 Å². The van der Waals surface area contributed by atoms with Gasteiger partial charge in [-0.25, -0.2) is 4.79 Å². The molecule has 1 N–H and O–H groups in total. The van der Waals surface area contributed by atoms with Crippen LogP contribution in [0.4, 0.5) is 8.78 Å². The van der Waals surface area contributed by atoms with Crippen molar-refractivity contribution >= 4 is 32.0 Å². The maximum atomic E-state index is 12.7. The van der Waals surface area contributed by atoms with E-state index in [1.807, 2.05) is 0 Å². The van der Waals surface area contributed by atoms with Crippen LogP contribution in [0.3, 0.4) is 0 Å². The van der Waals surface area contributed by atoms with Crippen molar-refractivity contribution in [2.24, 2.45) is 0 Å². The number of hydrogen-bond donors (Lipinski definition) is 1. The van der Waals surface area contributed by atoms with Crippen molar-refractivity contribution in [1.29, 1.82) is 0 Å². The first-order valence-electron chi connectivity index (χ1n) is 5.31. The smallest absolute Gasteiger partial charge is 0.460 e. The number of ether oxygens (including phenoxy) is 1. The second-order valence-electron chi connectivity index (χ2n) is 3.58. The molecule has 108 valence electrons. The molecule has 0 aliphatic rings. The fraction of sp³-hybridized carbons (Fsp3) is 0.889. The van der Waals surface area contributed by atoms with Gasteiger partial charge in [-0.15, -0.1) is 0 Å². The summed E-state index contributed by atoms with van der Waals surface area (Å²) in [5.74, 6) is -2.24. The Morgan fingerprint density at radius 1 is 1.17 bits per heavy atom. The highest BCUT2D eigenvalue weighted by atomic mass is 79.9. The van der Waals surface area contributed by atoms with Gasteiger partial charge in [0.15, 0.2) is 0 Å². The molecule has 5 nitrogen and oxygen atoms in total. The fourth-order valence-electron chi connectivity index (χ4n) is 1.08. The molecule has 0 aliphatic carbocycles. The lowest BCUT2D eigenvalue weighted by molar-refractivity contribution is -0.161. The maximum Gasteiger partial charge on any atom is 0.465 e. The van der Waals surface area contributed by atoms with Gasteiger partial charge < -0.3 is 4.74 Å². The highest BCUT2D eigenvalue weighted by Gasteiger charge is 2.54. The predicted octanol–water partition coefficient (Wildman–Crippen LogP) is 2.36. The minimum absolute atomic E-state index is 0.293. The molecule has 0 bridgehead atoms. The topological polar surface area (TPSA) is 80.7 Å². The number of carbonyl (C=O) groups is 1. The van der Waals surface area contributed by atoms with Gasteiger partial charge in [0.25, 0.3) is 0 Å². The zero-order chi connectivity index (χ0) is 14.2. The molecule has 0 fully saturated rings. The summed E-state index contributed by atoms with van der Waals surface area (Å²) in [5.41, 5.74) is 0. The van der Waals surface area contributed by atoms with Gasteiger partial charge in [-0.05, 0) is 12.8 Å². The highest BCUT2D eigenvalue weighted by Crippen LogP contribution is 2.22. The van der Waals surface area contributed by atoms with E-state index in [0.29, 0.717) is 12.8 Å². The second kappa shape index (κ2) is 8.00. The predicted molar refractivity (Wildman–Crippen MR) is 64.3 cm³/mol. The fourth-order valence-corrected chi connectivity index (χ4v) is 1.75. The van der Waals surface area contributed by atoms with E-state index in [2.05, 4.69) is 20.7 Å². The molecule has 0 rings (SSSR count). The van der Waals surface area contributed by atoms with E-state index in [0.717, 1.165) is 24.6 Å². The Balaban J connectivity index is 3.85. The molecule has 0 aromatic heterocycles. The number of hydrogen-bond acceptors (Lipinski definition) is 4. The molecule has 0 spiro atoms. The first kappa shape index (κ1) is 17.7. The third-order valence-electron chi connectivity index (χ3n) is 2.07. The first-order valence-corrected chi connectivity index (χ1v) is 7.87. The molecule has 0 radical (unpaired) electrons. The third kappa shape index (κ3) is 6.05. The third-order valence-corrected chi connectivity index (χ3v) is 3.45. The van der Waals surface area contributed by atoms with Gasteiger partial charge in [0.1, 0.15) is 0 Å². The lowest BCUT2D eigenvalue weighted by Gasteiger charge is -2.11. The zero-order valence-electron chi connectivity index (χ0n) is 9.57. The average molecular weight is 353 g/mol. The van der Waals surface area contributed by atoms with E-state index in [1.165, 1.54) is 0 Å². The van der Waals surface area contributed by atoms with E-state index in [1.54, 1.807) is 0 Å². The minimum atomic E-state index is -5.77. The number of unbranched alkanes of at least 4 members (excludes halogenated alkanes) is 4. The summed E-state index contributed by atoms with van der Waals surface area (Å²) in [6, 6.07) is 0. The van der Waals surface area contributed by atoms with E-state index in [4.69, 9.17) is 4.55 Å². The van der Waals surface area contributed by atoms with Crippen molar-refractivity contribution in [3.63, 3.8) is 0 Å². The highest BCUT2D eigenvalue weighted by molar-refractivity contribution is 9.09. The first-order chi connectivity index (χ1) is 8.23. The van der Waals surface area contributed by atoms with E-state index < -0.39 is 21.3 Å². The molecule has 0 aliphatic heterocycles. The summed E-state index contributed by atoms with van der Waals surface area (Å²) < 4.78 is 58.0. The second-order valence-corrected chi connectivity index (χ2v) is 5.84. The van der Waals surface area contributed by atoms with Crippen LogP contribution in [0.25, 0.3) is 0 Å². The standard InChI is InChI=1S/C9H15BrF2O5S/c10-6-4-2-1-3-5-7-17-8(13)9(11,12)18(14,15)16/h1-7H2,(H,14,15,16). The summed E-state index contributed by atoms with van der Waals surface area (Å²) >= 11 is 3.26. The van der Waals surface area contributed by atoms with Gasteiger partial charge in [0.2, 0.25) is 0 Å². The summed E-state index contributed by atoms with van der Waals surface area (Å²) in [6.45, 7) is -0.293. The van der Waals surface area contributed by atoms with Crippen LogP contribution < -0.4 is 0 Å². The van der Waals surface area contributed by atoms with Gasteiger partial charge in [0, 0.05) is 5.33 Å². The van der Waals surface area contributed by atoms with Crippen LogP contribution in [-0.4, -0.2) is 36.1 Å². The Morgan fingerprint density at radius 2 is 1.67 bits per heavy atom. The van der Waals surface area contributed by atoms with Crippen LogP contribution in [0.15, 0.2) is 0 Å².